The topological polar surface area (TPSA) is 85.1 Å². The van der Waals surface area contributed by atoms with Crippen molar-refractivity contribution in [3.05, 3.63) is 42.6 Å². The molecule has 2 aliphatic rings. The van der Waals surface area contributed by atoms with Crippen molar-refractivity contribution in [1.29, 1.82) is 0 Å². The normalized spacial score (nSPS) is 18.7. The van der Waals surface area contributed by atoms with Crippen LogP contribution in [0.5, 0.6) is 0 Å². The Morgan fingerprint density at radius 3 is 2.48 bits per heavy atom. The summed E-state index contributed by atoms with van der Waals surface area (Å²) in [6, 6.07) is 6.15. The van der Waals surface area contributed by atoms with Crippen LogP contribution in [0.4, 0.5) is 5.95 Å². The molecule has 0 amide bonds. The lowest BCUT2D eigenvalue weighted by molar-refractivity contribution is 0.215. The molecular formula is C23H37IN8O. The van der Waals surface area contributed by atoms with Gasteiger partial charge in [-0.3, -0.25) is 14.8 Å². The summed E-state index contributed by atoms with van der Waals surface area (Å²) in [5.41, 5.74) is 0. The molecule has 33 heavy (non-hydrogen) atoms. The van der Waals surface area contributed by atoms with E-state index in [4.69, 9.17) is 4.42 Å². The Bertz CT molecular complexity index is 805. The largest absolute Gasteiger partial charge is 0.468 e. The summed E-state index contributed by atoms with van der Waals surface area (Å²) >= 11 is 0. The fourth-order valence-corrected chi connectivity index (χ4v) is 4.49. The van der Waals surface area contributed by atoms with Crippen molar-refractivity contribution >= 4 is 35.9 Å². The molecule has 9 nitrogen and oxygen atoms in total. The Balaban J connectivity index is 0.00000306. The average Bonchev–Trinajstić information content (AvgIpc) is 3.57. The number of hydrogen-bond donors (Lipinski definition) is 2. The molecule has 0 saturated carbocycles. The number of hydrogen-bond acceptors (Lipinski definition) is 7. The van der Waals surface area contributed by atoms with Crippen LogP contribution in [0.1, 0.15) is 31.1 Å². The van der Waals surface area contributed by atoms with E-state index in [1.165, 1.54) is 12.8 Å². The summed E-state index contributed by atoms with van der Waals surface area (Å²) in [4.78, 5) is 20.4. The van der Waals surface area contributed by atoms with Crippen LogP contribution in [-0.4, -0.2) is 91.7 Å². The van der Waals surface area contributed by atoms with E-state index in [0.29, 0.717) is 0 Å². The summed E-state index contributed by atoms with van der Waals surface area (Å²) < 4.78 is 5.72. The standard InChI is InChI=1S/C23H36N8O.HI/c1-24-22(28-19-20(21-7-4-18-32-21)30-12-2-3-13-30)25-10-6-11-29-14-16-31(17-15-29)23-26-8-5-9-27-23;/h4-5,7-9,18,20H,2-3,6,10-17,19H2,1H3,(H2,24,25,28);1H. The SMILES string of the molecule is CN=C(NCCCN1CCN(c2ncccn2)CC1)NCC(c1ccco1)N1CCCC1.I. The first-order valence-corrected chi connectivity index (χ1v) is 11.8. The van der Waals surface area contributed by atoms with Crippen LogP contribution < -0.4 is 15.5 Å². The van der Waals surface area contributed by atoms with Gasteiger partial charge in [-0.1, -0.05) is 0 Å². The van der Waals surface area contributed by atoms with Crippen molar-refractivity contribution in [2.24, 2.45) is 4.99 Å². The van der Waals surface area contributed by atoms with Crippen LogP contribution in [0.15, 0.2) is 46.3 Å². The monoisotopic (exact) mass is 568 g/mol. The van der Waals surface area contributed by atoms with Crippen molar-refractivity contribution in [2.45, 2.75) is 25.3 Å². The smallest absolute Gasteiger partial charge is 0.225 e. The lowest BCUT2D eigenvalue weighted by Crippen LogP contribution is -2.48. The molecule has 182 valence electrons. The molecule has 0 spiro atoms. The van der Waals surface area contributed by atoms with E-state index in [1.54, 1.807) is 6.26 Å². The van der Waals surface area contributed by atoms with Crippen molar-refractivity contribution in [3.8, 4) is 0 Å². The predicted octanol–water partition coefficient (Wildman–Crippen LogP) is 2.20. The summed E-state index contributed by atoms with van der Waals surface area (Å²) in [5.74, 6) is 2.71. The van der Waals surface area contributed by atoms with Gasteiger partial charge >= 0.3 is 0 Å². The molecule has 4 heterocycles. The Morgan fingerprint density at radius 1 is 1.06 bits per heavy atom. The molecule has 2 aromatic heterocycles. The van der Waals surface area contributed by atoms with Crippen molar-refractivity contribution < 1.29 is 4.42 Å². The molecule has 4 rings (SSSR count). The minimum Gasteiger partial charge on any atom is -0.468 e. The maximum Gasteiger partial charge on any atom is 0.225 e. The molecular weight excluding hydrogens is 531 g/mol. The minimum absolute atomic E-state index is 0. The number of rotatable bonds is 9. The maximum absolute atomic E-state index is 5.72. The molecule has 2 saturated heterocycles. The quantitative estimate of drug-likeness (QED) is 0.206. The third-order valence-electron chi connectivity index (χ3n) is 6.29. The number of piperazine rings is 1. The van der Waals surface area contributed by atoms with Crippen LogP contribution in [-0.2, 0) is 0 Å². The van der Waals surface area contributed by atoms with Crippen molar-refractivity contribution in [1.82, 2.24) is 30.4 Å². The maximum atomic E-state index is 5.72. The van der Waals surface area contributed by atoms with Gasteiger partial charge < -0.3 is 20.0 Å². The third kappa shape index (κ3) is 7.54. The Hall–Kier alpha value is -1.92. The fourth-order valence-electron chi connectivity index (χ4n) is 4.49. The molecule has 1 unspecified atom stereocenters. The second kappa shape index (κ2) is 13.7. The first-order chi connectivity index (χ1) is 15.8. The van der Waals surface area contributed by atoms with Gasteiger partial charge in [0.15, 0.2) is 5.96 Å². The predicted molar refractivity (Wildman–Crippen MR) is 142 cm³/mol. The Kier molecular flexibility index (Phi) is 10.7. The van der Waals surface area contributed by atoms with E-state index >= 15 is 0 Å². The number of guanidine groups is 1. The number of aromatic nitrogens is 2. The summed E-state index contributed by atoms with van der Waals surface area (Å²) in [7, 11) is 1.83. The van der Waals surface area contributed by atoms with Gasteiger partial charge in [0.2, 0.25) is 5.95 Å². The van der Waals surface area contributed by atoms with E-state index in [-0.39, 0.29) is 30.0 Å². The molecule has 1 atom stereocenters. The Morgan fingerprint density at radius 2 is 1.82 bits per heavy atom. The first-order valence-electron chi connectivity index (χ1n) is 11.8. The van der Waals surface area contributed by atoms with Gasteiger partial charge in [-0.05, 0) is 57.1 Å². The lowest BCUT2D eigenvalue weighted by atomic mass is 10.2. The summed E-state index contributed by atoms with van der Waals surface area (Å²) in [6.45, 7) is 9.07. The number of nitrogens with one attached hydrogen (secondary N) is 2. The molecule has 0 radical (unpaired) electrons. The molecule has 2 fully saturated rings. The number of furan rings is 1. The van der Waals surface area contributed by atoms with E-state index < -0.39 is 0 Å². The van der Waals surface area contributed by atoms with Gasteiger partial charge in [-0.2, -0.15) is 0 Å². The summed E-state index contributed by atoms with van der Waals surface area (Å²) in [5, 5.41) is 6.97. The van der Waals surface area contributed by atoms with Crippen LogP contribution in [0.2, 0.25) is 0 Å². The zero-order chi connectivity index (χ0) is 22.0. The molecule has 2 N–H and O–H groups in total. The van der Waals surface area contributed by atoms with Gasteiger partial charge in [0.25, 0.3) is 0 Å². The van der Waals surface area contributed by atoms with Crippen molar-refractivity contribution in [3.63, 3.8) is 0 Å². The second-order valence-electron chi connectivity index (χ2n) is 8.39. The summed E-state index contributed by atoms with van der Waals surface area (Å²) in [6.07, 6.45) is 8.98. The van der Waals surface area contributed by atoms with Crippen LogP contribution in [0.3, 0.4) is 0 Å². The third-order valence-corrected chi connectivity index (χ3v) is 6.29. The zero-order valence-corrected chi connectivity index (χ0v) is 21.9. The zero-order valence-electron chi connectivity index (χ0n) is 19.5. The van der Waals surface area contributed by atoms with E-state index in [9.17, 15) is 0 Å². The van der Waals surface area contributed by atoms with Gasteiger partial charge in [0, 0.05) is 58.7 Å². The molecule has 0 aromatic carbocycles. The second-order valence-corrected chi connectivity index (χ2v) is 8.39. The highest BCUT2D eigenvalue weighted by Crippen LogP contribution is 2.24. The van der Waals surface area contributed by atoms with Gasteiger partial charge in [-0.25, -0.2) is 9.97 Å². The highest BCUT2D eigenvalue weighted by atomic mass is 127. The van der Waals surface area contributed by atoms with Crippen LogP contribution in [0.25, 0.3) is 0 Å². The number of likely N-dealkylation sites (tertiary alicyclic amines) is 1. The van der Waals surface area contributed by atoms with Crippen molar-refractivity contribution in [2.75, 3.05) is 70.9 Å². The van der Waals surface area contributed by atoms with E-state index in [2.05, 4.69) is 46.4 Å². The first kappa shape index (κ1) is 25.7. The molecule has 0 bridgehead atoms. The van der Waals surface area contributed by atoms with Gasteiger partial charge in [0.1, 0.15) is 5.76 Å². The van der Waals surface area contributed by atoms with Gasteiger partial charge in [0.05, 0.1) is 12.3 Å². The van der Waals surface area contributed by atoms with E-state index in [1.807, 2.05) is 31.6 Å². The average molecular weight is 569 g/mol. The minimum atomic E-state index is 0. The highest BCUT2D eigenvalue weighted by Gasteiger charge is 2.25. The number of halogens is 1. The fraction of sp³-hybridized carbons (Fsp3) is 0.609. The number of nitrogens with zero attached hydrogens (tertiary/aromatic N) is 6. The molecule has 0 aliphatic carbocycles. The number of aliphatic imine (C=N–C) groups is 1. The van der Waals surface area contributed by atoms with Crippen LogP contribution >= 0.6 is 24.0 Å². The van der Waals surface area contributed by atoms with E-state index in [0.717, 1.165) is 83.0 Å². The number of anilines is 1. The molecule has 2 aromatic rings. The lowest BCUT2D eigenvalue weighted by Gasteiger charge is -2.34. The highest BCUT2D eigenvalue weighted by molar-refractivity contribution is 14.0. The van der Waals surface area contributed by atoms with Crippen LogP contribution in [0, 0.1) is 0 Å². The Labute approximate surface area is 214 Å². The van der Waals surface area contributed by atoms with Gasteiger partial charge in [-0.15, -0.1) is 24.0 Å². The molecule has 10 heteroatoms. The molecule has 2 aliphatic heterocycles.